The lowest BCUT2D eigenvalue weighted by Gasteiger charge is -2.27. The normalized spacial score (nSPS) is 12.8. The average molecular weight is 435 g/mol. The first-order chi connectivity index (χ1) is 13.6. The van der Waals surface area contributed by atoms with Gasteiger partial charge in [-0.15, -0.1) is 11.3 Å². The van der Waals surface area contributed by atoms with Gasteiger partial charge in [-0.25, -0.2) is 9.78 Å². The lowest BCUT2D eigenvalue weighted by atomic mass is 10.1. The molecule has 1 unspecified atom stereocenters. The minimum Gasteiger partial charge on any atom is -0.467 e. The molecular formula is C21H23ClN2O4S. The van der Waals surface area contributed by atoms with E-state index < -0.39 is 11.7 Å². The van der Waals surface area contributed by atoms with E-state index in [1.54, 1.807) is 24.5 Å². The number of furan rings is 1. The van der Waals surface area contributed by atoms with Crippen LogP contribution in [0.3, 0.4) is 0 Å². The molecule has 0 N–H and O–H groups in total. The number of nitrogens with zero attached hydrogens (tertiary/aromatic N) is 2. The van der Waals surface area contributed by atoms with Crippen molar-refractivity contribution in [3.8, 4) is 0 Å². The standard InChI is InChI=1S/C21H23ClN2O4S/c1-12(11-25)18-13(2)17-19(29-18)15(9-16(22)23-17)24(10-14-7-6-8-27-14)20(26)28-21(3,4)5/h6-9,11-12H,10H2,1-5H3. The molecular weight excluding hydrogens is 412 g/mol. The summed E-state index contributed by atoms with van der Waals surface area (Å²) in [4.78, 5) is 31.3. The molecule has 29 heavy (non-hydrogen) atoms. The summed E-state index contributed by atoms with van der Waals surface area (Å²) in [5.74, 6) is 0.326. The summed E-state index contributed by atoms with van der Waals surface area (Å²) in [6, 6.07) is 5.19. The van der Waals surface area contributed by atoms with Crippen LogP contribution in [0.4, 0.5) is 10.5 Å². The summed E-state index contributed by atoms with van der Waals surface area (Å²) in [7, 11) is 0. The molecule has 3 heterocycles. The lowest BCUT2D eigenvalue weighted by molar-refractivity contribution is -0.108. The first-order valence-electron chi connectivity index (χ1n) is 9.18. The van der Waals surface area contributed by atoms with E-state index in [0.29, 0.717) is 17.0 Å². The number of halogens is 1. The largest absolute Gasteiger partial charge is 0.467 e. The van der Waals surface area contributed by atoms with Gasteiger partial charge in [0, 0.05) is 16.9 Å². The van der Waals surface area contributed by atoms with Crippen LogP contribution in [0.2, 0.25) is 5.15 Å². The van der Waals surface area contributed by atoms with Gasteiger partial charge in [0.05, 0.1) is 28.7 Å². The molecule has 1 atom stereocenters. The van der Waals surface area contributed by atoms with Gasteiger partial charge in [-0.1, -0.05) is 18.5 Å². The third-order valence-corrected chi connectivity index (χ3v) is 5.97. The number of aromatic nitrogens is 1. The molecule has 0 saturated carbocycles. The number of hydrogen-bond donors (Lipinski definition) is 0. The maximum atomic E-state index is 13.1. The Balaban J connectivity index is 2.18. The number of rotatable bonds is 5. The summed E-state index contributed by atoms with van der Waals surface area (Å²) < 4.78 is 11.9. The molecule has 0 fully saturated rings. The van der Waals surface area contributed by atoms with E-state index in [4.69, 9.17) is 20.8 Å². The fourth-order valence-electron chi connectivity index (χ4n) is 2.97. The quantitative estimate of drug-likeness (QED) is 0.358. The Morgan fingerprint density at radius 1 is 1.45 bits per heavy atom. The molecule has 0 spiro atoms. The molecule has 6 nitrogen and oxygen atoms in total. The molecule has 0 bridgehead atoms. The Morgan fingerprint density at radius 2 is 2.17 bits per heavy atom. The van der Waals surface area contributed by atoms with E-state index in [9.17, 15) is 9.59 Å². The van der Waals surface area contributed by atoms with Crippen LogP contribution in [-0.4, -0.2) is 23.0 Å². The van der Waals surface area contributed by atoms with Crippen LogP contribution in [0.1, 0.15) is 49.8 Å². The number of thiophene rings is 1. The lowest BCUT2D eigenvalue weighted by Crippen LogP contribution is -2.36. The van der Waals surface area contributed by atoms with Gasteiger partial charge in [-0.2, -0.15) is 0 Å². The third-order valence-electron chi connectivity index (χ3n) is 4.28. The number of hydrogen-bond acceptors (Lipinski definition) is 6. The van der Waals surface area contributed by atoms with E-state index in [1.165, 1.54) is 16.2 Å². The van der Waals surface area contributed by atoms with E-state index in [0.717, 1.165) is 21.4 Å². The van der Waals surface area contributed by atoms with Crippen molar-refractivity contribution in [2.24, 2.45) is 0 Å². The molecule has 0 aliphatic heterocycles. The zero-order valence-electron chi connectivity index (χ0n) is 17.0. The highest BCUT2D eigenvalue weighted by atomic mass is 35.5. The topological polar surface area (TPSA) is 72.6 Å². The zero-order chi connectivity index (χ0) is 21.3. The summed E-state index contributed by atoms with van der Waals surface area (Å²) >= 11 is 7.74. The molecule has 0 saturated heterocycles. The smallest absolute Gasteiger partial charge is 0.415 e. The highest BCUT2D eigenvalue weighted by molar-refractivity contribution is 7.20. The summed E-state index contributed by atoms with van der Waals surface area (Å²) in [6.07, 6.45) is 1.93. The van der Waals surface area contributed by atoms with Crippen molar-refractivity contribution in [1.29, 1.82) is 0 Å². The Bertz CT molecular complexity index is 1040. The van der Waals surface area contributed by atoms with Gasteiger partial charge in [0.25, 0.3) is 0 Å². The predicted octanol–water partition coefficient (Wildman–Crippen LogP) is 6.10. The molecule has 3 rings (SSSR count). The second kappa shape index (κ2) is 8.16. The number of fused-ring (bicyclic) bond motifs is 1. The van der Waals surface area contributed by atoms with Crippen LogP contribution in [0.25, 0.3) is 10.2 Å². The molecule has 154 valence electrons. The highest BCUT2D eigenvalue weighted by Gasteiger charge is 2.28. The first kappa shape index (κ1) is 21.3. The van der Waals surface area contributed by atoms with Gasteiger partial charge in [0.2, 0.25) is 0 Å². The number of anilines is 1. The number of aldehydes is 1. The molecule has 0 aliphatic carbocycles. The monoisotopic (exact) mass is 434 g/mol. The van der Waals surface area contributed by atoms with Crippen LogP contribution >= 0.6 is 22.9 Å². The molecule has 3 aromatic heterocycles. The first-order valence-corrected chi connectivity index (χ1v) is 10.4. The van der Waals surface area contributed by atoms with E-state index in [-0.39, 0.29) is 17.6 Å². The Hall–Kier alpha value is -2.38. The Kier molecular flexibility index (Phi) is 6.00. The second-order valence-electron chi connectivity index (χ2n) is 7.80. The molecule has 0 aliphatic rings. The number of ether oxygens (including phenoxy) is 1. The number of aryl methyl sites for hydroxylation is 1. The maximum absolute atomic E-state index is 13.1. The summed E-state index contributed by atoms with van der Waals surface area (Å²) in [5.41, 5.74) is 1.46. The molecule has 0 radical (unpaired) electrons. The number of pyridine rings is 1. The third kappa shape index (κ3) is 4.62. The minimum atomic E-state index is -0.670. The van der Waals surface area contributed by atoms with E-state index in [2.05, 4.69) is 4.98 Å². The van der Waals surface area contributed by atoms with E-state index >= 15 is 0 Å². The number of amides is 1. The molecule has 8 heteroatoms. The van der Waals surface area contributed by atoms with Crippen molar-refractivity contribution < 1.29 is 18.7 Å². The Morgan fingerprint density at radius 3 is 2.76 bits per heavy atom. The van der Waals surface area contributed by atoms with Crippen molar-refractivity contribution in [3.63, 3.8) is 0 Å². The maximum Gasteiger partial charge on any atom is 0.415 e. The van der Waals surface area contributed by atoms with Gasteiger partial charge in [-0.05, 0) is 45.4 Å². The minimum absolute atomic E-state index is 0.173. The van der Waals surface area contributed by atoms with Crippen LogP contribution in [0.5, 0.6) is 0 Å². The number of carbonyl (C=O) groups excluding carboxylic acids is 2. The SMILES string of the molecule is Cc1c(C(C)C=O)sc2c(N(Cc3ccco3)C(=O)OC(C)(C)C)cc(Cl)nc12. The van der Waals surface area contributed by atoms with Crippen molar-refractivity contribution in [2.45, 2.75) is 52.7 Å². The molecule has 3 aromatic rings. The van der Waals surface area contributed by atoms with Crippen LogP contribution in [-0.2, 0) is 16.1 Å². The summed E-state index contributed by atoms with van der Waals surface area (Å²) in [5, 5.41) is 0.256. The van der Waals surface area contributed by atoms with Crippen molar-refractivity contribution >= 4 is 51.2 Å². The van der Waals surface area contributed by atoms with Crippen LogP contribution in [0.15, 0.2) is 28.9 Å². The fourth-order valence-corrected chi connectivity index (χ4v) is 4.44. The van der Waals surface area contributed by atoms with E-state index in [1.807, 2.05) is 34.6 Å². The van der Waals surface area contributed by atoms with Gasteiger partial charge in [-0.3, -0.25) is 4.90 Å². The van der Waals surface area contributed by atoms with Gasteiger partial charge < -0.3 is 13.9 Å². The van der Waals surface area contributed by atoms with Crippen molar-refractivity contribution in [1.82, 2.24) is 4.98 Å². The predicted molar refractivity (Wildman–Crippen MR) is 115 cm³/mol. The van der Waals surface area contributed by atoms with Crippen LogP contribution < -0.4 is 4.90 Å². The average Bonchev–Trinajstić information content (AvgIpc) is 3.25. The molecule has 0 aromatic carbocycles. The fraction of sp³-hybridized carbons (Fsp3) is 0.381. The zero-order valence-corrected chi connectivity index (χ0v) is 18.6. The van der Waals surface area contributed by atoms with Crippen molar-refractivity contribution in [2.75, 3.05) is 4.90 Å². The van der Waals surface area contributed by atoms with Gasteiger partial charge >= 0.3 is 6.09 Å². The van der Waals surface area contributed by atoms with Gasteiger partial charge in [0.15, 0.2) is 0 Å². The second-order valence-corrected chi connectivity index (χ2v) is 9.24. The Labute approximate surface area is 178 Å². The van der Waals surface area contributed by atoms with Gasteiger partial charge in [0.1, 0.15) is 22.8 Å². The summed E-state index contributed by atoms with van der Waals surface area (Å²) in [6.45, 7) is 9.34. The van der Waals surface area contributed by atoms with Crippen LogP contribution in [0, 0.1) is 6.92 Å². The number of carbonyl (C=O) groups is 2. The highest BCUT2D eigenvalue weighted by Crippen LogP contribution is 2.41. The molecule has 1 amide bonds. The van der Waals surface area contributed by atoms with Crippen molar-refractivity contribution in [3.05, 3.63) is 45.8 Å².